The van der Waals surface area contributed by atoms with Crippen molar-refractivity contribution < 1.29 is 14.3 Å². The highest BCUT2D eigenvalue weighted by Gasteiger charge is 2.20. The van der Waals surface area contributed by atoms with Crippen LogP contribution in [0.3, 0.4) is 0 Å². The van der Waals surface area contributed by atoms with Gasteiger partial charge in [-0.1, -0.05) is 25.0 Å². The number of anilines is 2. The SMILES string of the molecule is O=C(COC1CCCC1)Nc1ccccc1NC(=O)N1CCCC1. The molecule has 1 heterocycles. The van der Waals surface area contributed by atoms with Crippen molar-refractivity contribution in [3.8, 4) is 0 Å². The van der Waals surface area contributed by atoms with E-state index >= 15 is 0 Å². The Morgan fingerprint density at radius 2 is 1.62 bits per heavy atom. The van der Waals surface area contributed by atoms with Gasteiger partial charge in [-0.2, -0.15) is 0 Å². The highest BCUT2D eigenvalue weighted by Crippen LogP contribution is 2.23. The summed E-state index contributed by atoms with van der Waals surface area (Å²) in [4.78, 5) is 26.1. The number of urea groups is 1. The highest BCUT2D eigenvalue weighted by molar-refractivity contribution is 5.99. The zero-order valence-corrected chi connectivity index (χ0v) is 13.9. The Bertz CT molecular complexity index is 579. The third kappa shape index (κ3) is 4.47. The molecule has 1 aromatic carbocycles. The van der Waals surface area contributed by atoms with Crippen LogP contribution in [0.4, 0.5) is 16.2 Å². The van der Waals surface area contributed by atoms with E-state index in [1.54, 1.807) is 17.0 Å². The van der Waals surface area contributed by atoms with E-state index in [0.29, 0.717) is 11.4 Å². The van der Waals surface area contributed by atoms with Gasteiger partial charge in [0.1, 0.15) is 6.61 Å². The van der Waals surface area contributed by atoms with Crippen LogP contribution in [0.5, 0.6) is 0 Å². The molecule has 24 heavy (non-hydrogen) atoms. The van der Waals surface area contributed by atoms with E-state index in [4.69, 9.17) is 4.74 Å². The molecule has 3 amide bonds. The van der Waals surface area contributed by atoms with Crippen molar-refractivity contribution in [3.05, 3.63) is 24.3 Å². The summed E-state index contributed by atoms with van der Waals surface area (Å²) in [5, 5.41) is 5.72. The minimum absolute atomic E-state index is 0.0546. The molecule has 0 bridgehead atoms. The maximum atomic E-state index is 12.2. The van der Waals surface area contributed by atoms with E-state index in [9.17, 15) is 9.59 Å². The first-order chi connectivity index (χ1) is 11.7. The maximum Gasteiger partial charge on any atom is 0.321 e. The zero-order valence-electron chi connectivity index (χ0n) is 13.9. The summed E-state index contributed by atoms with van der Waals surface area (Å²) in [6.07, 6.45) is 6.73. The van der Waals surface area contributed by atoms with Gasteiger partial charge in [-0.25, -0.2) is 4.79 Å². The molecule has 0 spiro atoms. The van der Waals surface area contributed by atoms with Crippen LogP contribution in [-0.4, -0.2) is 42.6 Å². The van der Waals surface area contributed by atoms with Gasteiger partial charge < -0.3 is 20.3 Å². The van der Waals surface area contributed by atoms with Crippen LogP contribution in [0.2, 0.25) is 0 Å². The Morgan fingerprint density at radius 3 is 2.29 bits per heavy atom. The molecule has 0 unspecified atom stereocenters. The topological polar surface area (TPSA) is 70.7 Å². The lowest BCUT2D eigenvalue weighted by Crippen LogP contribution is -2.32. The van der Waals surface area contributed by atoms with Crippen molar-refractivity contribution in [2.45, 2.75) is 44.6 Å². The number of nitrogens with zero attached hydrogens (tertiary/aromatic N) is 1. The van der Waals surface area contributed by atoms with Gasteiger partial charge in [0.2, 0.25) is 5.91 Å². The van der Waals surface area contributed by atoms with Crippen LogP contribution in [0, 0.1) is 0 Å². The first-order valence-electron chi connectivity index (χ1n) is 8.79. The van der Waals surface area contributed by atoms with E-state index < -0.39 is 0 Å². The molecule has 6 nitrogen and oxygen atoms in total. The summed E-state index contributed by atoms with van der Waals surface area (Å²) in [6.45, 7) is 1.63. The predicted octanol–water partition coefficient (Wildman–Crippen LogP) is 3.21. The van der Waals surface area contributed by atoms with Gasteiger partial charge in [-0.15, -0.1) is 0 Å². The van der Waals surface area contributed by atoms with Crippen LogP contribution in [0.15, 0.2) is 24.3 Å². The Kier molecular flexibility index (Phi) is 5.69. The van der Waals surface area contributed by atoms with Crippen LogP contribution in [0.25, 0.3) is 0 Å². The number of amides is 3. The van der Waals surface area contributed by atoms with Crippen molar-refractivity contribution in [1.82, 2.24) is 4.90 Å². The second kappa shape index (κ2) is 8.15. The molecule has 2 N–H and O–H groups in total. The van der Waals surface area contributed by atoms with Gasteiger partial charge in [0.15, 0.2) is 0 Å². The fraction of sp³-hybridized carbons (Fsp3) is 0.556. The van der Waals surface area contributed by atoms with Gasteiger partial charge in [-0.05, 0) is 37.8 Å². The number of likely N-dealkylation sites (tertiary alicyclic amines) is 1. The Morgan fingerprint density at radius 1 is 1.00 bits per heavy atom. The number of nitrogens with one attached hydrogen (secondary N) is 2. The lowest BCUT2D eigenvalue weighted by molar-refractivity contribution is -0.122. The van der Waals surface area contributed by atoms with Gasteiger partial charge in [-0.3, -0.25) is 4.79 Å². The van der Waals surface area contributed by atoms with E-state index in [0.717, 1.165) is 38.8 Å². The quantitative estimate of drug-likeness (QED) is 0.870. The average Bonchev–Trinajstić information content (AvgIpc) is 3.28. The fourth-order valence-corrected chi connectivity index (χ4v) is 3.25. The molecule has 0 aromatic heterocycles. The predicted molar refractivity (Wildman–Crippen MR) is 93.1 cm³/mol. The summed E-state index contributed by atoms with van der Waals surface area (Å²) in [5.41, 5.74) is 1.22. The third-order valence-electron chi connectivity index (χ3n) is 4.59. The molecule has 1 aliphatic carbocycles. The Balaban J connectivity index is 1.54. The van der Waals surface area contributed by atoms with E-state index in [1.165, 1.54) is 12.8 Å². The Labute approximate surface area is 142 Å². The molecule has 1 aromatic rings. The van der Waals surface area contributed by atoms with Crippen LogP contribution in [0.1, 0.15) is 38.5 Å². The van der Waals surface area contributed by atoms with E-state index in [-0.39, 0.29) is 24.6 Å². The first-order valence-corrected chi connectivity index (χ1v) is 8.79. The van der Waals surface area contributed by atoms with Crippen LogP contribution < -0.4 is 10.6 Å². The van der Waals surface area contributed by atoms with Gasteiger partial charge in [0, 0.05) is 13.1 Å². The molecule has 0 atom stereocenters. The lowest BCUT2D eigenvalue weighted by atomic mass is 10.2. The summed E-state index contributed by atoms with van der Waals surface area (Å²) in [6, 6.07) is 7.13. The molecule has 1 aliphatic heterocycles. The van der Waals surface area contributed by atoms with Crippen molar-refractivity contribution in [2.75, 3.05) is 30.3 Å². The summed E-state index contributed by atoms with van der Waals surface area (Å²) in [7, 11) is 0. The standard InChI is InChI=1S/C18H25N3O3/c22-17(13-24-14-7-1-2-8-14)19-15-9-3-4-10-16(15)20-18(23)21-11-5-6-12-21/h3-4,9-10,14H,1-2,5-8,11-13H2,(H,19,22)(H,20,23). The maximum absolute atomic E-state index is 12.2. The second-order valence-corrected chi connectivity index (χ2v) is 6.44. The molecule has 2 fully saturated rings. The molecule has 0 radical (unpaired) electrons. The second-order valence-electron chi connectivity index (χ2n) is 6.44. The first kappa shape index (κ1) is 16.8. The third-order valence-corrected chi connectivity index (χ3v) is 4.59. The average molecular weight is 331 g/mol. The monoisotopic (exact) mass is 331 g/mol. The normalized spacial score (nSPS) is 17.9. The molecule has 2 aliphatic rings. The number of hydrogen-bond donors (Lipinski definition) is 2. The molecule has 6 heteroatoms. The van der Waals surface area contributed by atoms with E-state index in [1.807, 2.05) is 12.1 Å². The molecular formula is C18H25N3O3. The molecule has 1 saturated carbocycles. The number of carbonyl (C=O) groups excluding carboxylic acids is 2. The highest BCUT2D eigenvalue weighted by atomic mass is 16.5. The molecular weight excluding hydrogens is 306 g/mol. The number of rotatable bonds is 5. The van der Waals surface area contributed by atoms with Gasteiger partial charge >= 0.3 is 6.03 Å². The number of carbonyl (C=O) groups is 2. The largest absolute Gasteiger partial charge is 0.368 e. The Hall–Kier alpha value is -2.08. The molecule has 1 saturated heterocycles. The lowest BCUT2D eigenvalue weighted by Gasteiger charge is -2.18. The molecule has 130 valence electrons. The van der Waals surface area contributed by atoms with Gasteiger partial charge in [0.05, 0.1) is 17.5 Å². The van der Waals surface area contributed by atoms with Crippen molar-refractivity contribution in [1.29, 1.82) is 0 Å². The molecule has 3 rings (SSSR count). The van der Waals surface area contributed by atoms with Crippen molar-refractivity contribution >= 4 is 23.3 Å². The number of hydrogen-bond acceptors (Lipinski definition) is 3. The number of ether oxygens (including phenoxy) is 1. The minimum Gasteiger partial charge on any atom is -0.368 e. The zero-order chi connectivity index (χ0) is 16.8. The number of benzene rings is 1. The summed E-state index contributed by atoms with van der Waals surface area (Å²) >= 11 is 0. The minimum atomic E-state index is -0.190. The smallest absolute Gasteiger partial charge is 0.321 e. The summed E-state index contributed by atoms with van der Waals surface area (Å²) < 4.78 is 5.63. The van der Waals surface area contributed by atoms with Crippen LogP contribution >= 0.6 is 0 Å². The van der Waals surface area contributed by atoms with Gasteiger partial charge in [0.25, 0.3) is 0 Å². The number of para-hydroxylation sites is 2. The van der Waals surface area contributed by atoms with Crippen LogP contribution in [-0.2, 0) is 9.53 Å². The van der Waals surface area contributed by atoms with E-state index in [2.05, 4.69) is 10.6 Å². The van der Waals surface area contributed by atoms with Crippen molar-refractivity contribution in [3.63, 3.8) is 0 Å². The van der Waals surface area contributed by atoms with Crippen molar-refractivity contribution in [2.24, 2.45) is 0 Å². The summed E-state index contributed by atoms with van der Waals surface area (Å²) in [5.74, 6) is -0.190. The fourth-order valence-electron chi connectivity index (χ4n) is 3.25.